The second-order valence-electron chi connectivity index (χ2n) is 6.18. The van der Waals surface area contributed by atoms with E-state index in [2.05, 4.69) is 38.4 Å². The maximum Gasteiger partial charge on any atom is 0.185 e. The number of hydrogen-bond acceptors (Lipinski definition) is 2. The minimum atomic E-state index is -1.63. The molecule has 0 aliphatic heterocycles. The molecule has 1 aliphatic carbocycles. The third-order valence-electron chi connectivity index (χ3n) is 3.58. The Labute approximate surface area is 117 Å². The zero-order valence-electron chi connectivity index (χ0n) is 12.5. The highest BCUT2D eigenvalue weighted by Gasteiger charge is 2.38. The van der Waals surface area contributed by atoms with Crippen molar-refractivity contribution in [2.24, 2.45) is 0 Å². The Balaban J connectivity index is 2.47. The molecule has 1 unspecified atom stereocenters. The standard InChI is InChI=1S/C16H24O2Si/c1-6-16(18-19(3,4)5)11-7-8-13-12-14(17-2)9-10-15(13)16/h6,9-10,12H,1,7-8,11H2,2-5H3. The van der Waals surface area contributed by atoms with E-state index >= 15 is 0 Å². The molecule has 1 aliphatic rings. The van der Waals surface area contributed by atoms with Gasteiger partial charge in [0.25, 0.3) is 0 Å². The van der Waals surface area contributed by atoms with Gasteiger partial charge in [0.05, 0.1) is 7.11 Å². The molecule has 0 spiro atoms. The van der Waals surface area contributed by atoms with Crippen molar-refractivity contribution < 1.29 is 9.16 Å². The molecule has 0 heterocycles. The second-order valence-corrected chi connectivity index (χ2v) is 10.6. The Morgan fingerprint density at radius 2 is 2.05 bits per heavy atom. The van der Waals surface area contributed by atoms with Crippen molar-refractivity contribution >= 4 is 8.32 Å². The van der Waals surface area contributed by atoms with E-state index in [0.29, 0.717) is 0 Å². The van der Waals surface area contributed by atoms with E-state index in [1.807, 2.05) is 12.1 Å². The summed E-state index contributed by atoms with van der Waals surface area (Å²) < 4.78 is 11.8. The molecule has 104 valence electrons. The highest BCUT2D eigenvalue weighted by atomic mass is 28.4. The van der Waals surface area contributed by atoms with Gasteiger partial charge in [-0.15, -0.1) is 0 Å². The van der Waals surface area contributed by atoms with Crippen molar-refractivity contribution in [1.82, 2.24) is 0 Å². The molecule has 1 aromatic carbocycles. The van der Waals surface area contributed by atoms with Crippen molar-refractivity contribution in [1.29, 1.82) is 0 Å². The van der Waals surface area contributed by atoms with Crippen molar-refractivity contribution in [2.45, 2.75) is 44.5 Å². The first-order chi connectivity index (χ1) is 8.90. The third kappa shape index (κ3) is 2.93. The van der Waals surface area contributed by atoms with E-state index in [9.17, 15) is 0 Å². The van der Waals surface area contributed by atoms with Crippen LogP contribution in [-0.2, 0) is 16.4 Å². The normalized spacial score (nSPS) is 22.7. The van der Waals surface area contributed by atoms with Crippen LogP contribution in [0.2, 0.25) is 19.6 Å². The zero-order chi connectivity index (χ0) is 14.1. The lowest BCUT2D eigenvalue weighted by Crippen LogP contribution is -2.41. The summed E-state index contributed by atoms with van der Waals surface area (Å²) in [7, 11) is 0.0814. The first-order valence-corrected chi connectivity index (χ1v) is 10.3. The third-order valence-corrected chi connectivity index (χ3v) is 4.56. The number of aryl methyl sites for hydroxylation is 1. The van der Waals surface area contributed by atoms with Crippen molar-refractivity contribution in [2.75, 3.05) is 7.11 Å². The summed E-state index contributed by atoms with van der Waals surface area (Å²) in [6.07, 6.45) is 5.25. The monoisotopic (exact) mass is 276 g/mol. The van der Waals surface area contributed by atoms with Gasteiger partial charge in [-0.3, -0.25) is 0 Å². The molecule has 0 amide bonds. The molecule has 2 nitrogen and oxygen atoms in total. The Bertz CT molecular complexity index is 476. The zero-order valence-corrected chi connectivity index (χ0v) is 13.5. The fraction of sp³-hybridized carbons (Fsp3) is 0.500. The van der Waals surface area contributed by atoms with Crippen molar-refractivity contribution in [3.63, 3.8) is 0 Å². The lowest BCUT2D eigenvalue weighted by molar-refractivity contribution is 0.0906. The average molecular weight is 276 g/mol. The molecule has 3 heteroatoms. The molecule has 0 fully saturated rings. The van der Waals surface area contributed by atoms with E-state index in [1.165, 1.54) is 11.1 Å². The Morgan fingerprint density at radius 1 is 1.32 bits per heavy atom. The van der Waals surface area contributed by atoms with Crippen LogP contribution < -0.4 is 4.74 Å². The maximum atomic E-state index is 6.50. The van der Waals surface area contributed by atoms with Crippen molar-refractivity contribution in [3.8, 4) is 5.75 Å². The second kappa shape index (κ2) is 5.14. The van der Waals surface area contributed by atoms with E-state index < -0.39 is 8.32 Å². The first kappa shape index (κ1) is 14.3. The number of rotatable bonds is 4. The summed E-state index contributed by atoms with van der Waals surface area (Å²) >= 11 is 0. The minimum absolute atomic E-state index is 0.301. The van der Waals surface area contributed by atoms with Crippen LogP contribution in [0.1, 0.15) is 24.0 Å². The molecule has 1 atom stereocenters. The molecule has 2 rings (SSSR count). The summed E-state index contributed by atoms with van der Waals surface area (Å²) in [5.41, 5.74) is 2.31. The van der Waals surface area contributed by atoms with Gasteiger partial charge in [0.1, 0.15) is 11.4 Å². The summed E-state index contributed by atoms with van der Waals surface area (Å²) in [4.78, 5) is 0. The van der Waals surface area contributed by atoms with Gasteiger partial charge in [-0.1, -0.05) is 18.7 Å². The highest BCUT2D eigenvalue weighted by Crippen LogP contribution is 2.42. The predicted molar refractivity (Wildman–Crippen MR) is 82.2 cm³/mol. The van der Waals surface area contributed by atoms with Crippen LogP contribution in [0.15, 0.2) is 30.9 Å². The number of hydrogen-bond donors (Lipinski definition) is 0. The molecular weight excluding hydrogens is 252 g/mol. The van der Waals surface area contributed by atoms with Gasteiger partial charge in [-0.2, -0.15) is 0 Å². The number of benzene rings is 1. The fourth-order valence-electron chi connectivity index (χ4n) is 2.90. The minimum Gasteiger partial charge on any atom is -0.497 e. The van der Waals surface area contributed by atoms with E-state index in [1.54, 1.807) is 7.11 Å². The topological polar surface area (TPSA) is 18.5 Å². The van der Waals surface area contributed by atoms with Crippen LogP contribution in [0.3, 0.4) is 0 Å². The average Bonchev–Trinajstić information content (AvgIpc) is 2.36. The molecule has 0 bridgehead atoms. The van der Waals surface area contributed by atoms with Gasteiger partial charge in [-0.25, -0.2) is 0 Å². The first-order valence-electron chi connectivity index (χ1n) is 6.91. The number of fused-ring (bicyclic) bond motifs is 1. The maximum absolute atomic E-state index is 6.50. The summed E-state index contributed by atoms with van der Waals surface area (Å²) in [5.74, 6) is 0.923. The van der Waals surface area contributed by atoms with Crippen LogP contribution in [0.5, 0.6) is 5.75 Å². The van der Waals surface area contributed by atoms with Gasteiger partial charge in [0, 0.05) is 0 Å². The van der Waals surface area contributed by atoms with Gasteiger partial charge < -0.3 is 9.16 Å². The SMILES string of the molecule is C=CC1(O[Si](C)(C)C)CCCc2cc(OC)ccc21. The van der Waals surface area contributed by atoms with Crippen LogP contribution in [0, 0.1) is 0 Å². The predicted octanol–water partition coefficient (Wildman–Crippen LogP) is 4.26. The molecule has 0 aromatic heterocycles. The summed E-state index contributed by atoms with van der Waals surface area (Å²) in [5, 5.41) is 0. The summed E-state index contributed by atoms with van der Waals surface area (Å²) in [6.45, 7) is 10.7. The Morgan fingerprint density at radius 3 is 2.63 bits per heavy atom. The lowest BCUT2D eigenvalue weighted by atomic mass is 9.79. The largest absolute Gasteiger partial charge is 0.497 e. The van der Waals surface area contributed by atoms with Gasteiger partial charge in [0.15, 0.2) is 8.32 Å². The molecule has 0 saturated heterocycles. The molecular formula is C16H24O2Si. The molecule has 0 saturated carbocycles. The Kier molecular flexibility index (Phi) is 3.88. The van der Waals surface area contributed by atoms with Gasteiger partial charge >= 0.3 is 0 Å². The van der Waals surface area contributed by atoms with E-state index in [4.69, 9.17) is 9.16 Å². The number of methoxy groups -OCH3 is 1. The van der Waals surface area contributed by atoms with E-state index in [-0.39, 0.29) is 5.60 Å². The molecule has 0 N–H and O–H groups in total. The van der Waals surface area contributed by atoms with Crippen LogP contribution in [0.25, 0.3) is 0 Å². The van der Waals surface area contributed by atoms with Gasteiger partial charge in [0.2, 0.25) is 0 Å². The van der Waals surface area contributed by atoms with Crippen LogP contribution >= 0.6 is 0 Å². The smallest absolute Gasteiger partial charge is 0.185 e. The molecule has 1 aromatic rings. The number of ether oxygens (including phenoxy) is 1. The highest BCUT2D eigenvalue weighted by molar-refractivity contribution is 6.69. The molecule has 19 heavy (non-hydrogen) atoms. The lowest BCUT2D eigenvalue weighted by Gasteiger charge is -2.41. The van der Waals surface area contributed by atoms with Crippen molar-refractivity contribution in [3.05, 3.63) is 42.0 Å². The summed E-state index contributed by atoms with van der Waals surface area (Å²) in [6, 6.07) is 6.31. The van der Waals surface area contributed by atoms with Crippen LogP contribution in [0.4, 0.5) is 0 Å². The molecule has 0 radical (unpaired) electrons. The van der Waals surface area contributed by atoms with Gasteiger partial charge in [-0.05, 0) is 62.2 Å². The Hall–Kier alpha value is -1.06. The quantitative estimate of drug-likeness (QED) is 0.604. The fourth-order valence-corrected chi connectivity index (χ4v) is 4.29. The van der Waals surface area contributed by atoms with E-state index in [0.717, 1.165) is 25.0 Å². The van der Waals surface area contributed by atoms with Crippen LogP contribution in [-0.4, -0.2) is 15.4 Å².